The van der Waals surface area contributed by atoms with Crippen LogP contribution >= 0.6 is 11.3 Å². The monoisotopic (exact) mass is 198 g/mol. The van der Waals surface area contributed by atoms with Gasteiger partial charge in [-0.3, -0.25) is 0 Å². The smallest absolute Gasteiger partial charge is 0.187 e. The topological polar surface area (TPSA) is 25.4 Å². The molecule has 1 unspecified atom stereocenters. The Balaban J connectivity index is 1.99. The van der Waals surface area contributed by atoms with Crippen LogP contribution in [0.25, 0.3) is 0 Å². The van der Waals surface area contributed by atoms with Crippen LogP contribution in [0.4, 0.5) is 5.13 Å². The van der Waals surface area contributed by atoms with Gasteiger partial charge in [-0.2, -0.15) is 0 Å². The number of rotatable bonds is 2. The van der Waals surface area contributed by atoms with Crippen molar-refractivity contribution in [2.75, 3.05) is 18.6 Å². The molecule has 4 heteroatoms. The lowest BCUT2D eigenvalue weighted by molar-refractivity contribution is 0.0174. The molecule has 0 radical (unpaired) electrons. The first-order valence-electron chi connectivity index (χ1n) is 4.62. The second-order valence-corrected chi connectivity index (χ2v) is 4.12. The van der Waals surface area contributed by atoms with E-state index in [9.17, 15) is 0 Å². The van der Waals surface area contributed by atoms with Gasteiger partial charge in [-0.25, -0.2) is 4.98 Å². The predicted octanol–water partition coefficient (Wildman–Crippen LogP) is 2.11. The fourth-order valence-corrected chi connectivity index (χ4v) is 2.19. The largest absolute Gasteiger partial charge is 0.358 e. The van der Waals surface area contributed by atoms with Crippen LogP contribution < -0.4 is 4.90 Å². The molecule has 1 aliphatic heterocycles. The highest BCUT2D eigenvalue weighted by atomic mass is 32.1. The molecule has 72 valence electrons. The lowest BCUT2D eigenvalue weighted by atomic mass is 10.2. The molecule has 2 rings (SSSR count). The third-order valence-electron chi connectivity index (χ3n) is 2.31. The van der Waals surface area contributed by atoms with Gasteiger partial charge in [0.05, 0.1) is 0 Å². The summed E-state index contributed by atoms with van der Waals surface area (Å²) in [7, 11) is 2.05. The minimum Gasteiger partial charge on any atom is -0.358 e. The zero-order valence-electron chi connectivity index (χ0n) is 7.77. The van der Waals surface area contributed by atoms with Crippen molar-refractivity contribution in [3.63, 3.8) is 0 Å². The number of aromatic nitrogens is 1. The van der Waals surface area contributed by atoms with Crippen molar-refractivity contribution in [1.29, 1.82) is 0 Å². The van der Waals surface area contributed by atoms with Crippen molar-refractivity contribution in [3.8, 4) is 0 Å². The van der Waals surface area contributed by atoms with Crippen molar-refractivity contribution in [2.45, 2.75) is 25.5 Å². The number of nitrogens with zero attached hydrogens (tertiary/aromatic N) is 2. The van der Waals surface area contributed by atoms with E-state index in [1.54, 1.807) is 11.3 Å². The Bertz CT molecular complexity index is 244. The predicted molar refractivity (Wildman–Crippen MR) is 54.1 cm³/mol. The van der Waals surface area contributed by atoms with E-state index in [1.165, 1.54) is 12.8 Å². The molecule has 1 aromatic rings. The van der Waals surface area contributed by atoms with Crippen LogP contribution in [0.5, 0.6) is 0 Å². The molecular formula is C9H14N2OS. The van der Waals surface area contributed by atoms with Crippen LogP contribution in [-0.4, -0.2) is 24.9 Å². The molecule has 1 fully saturated rings. The van der Waals surface area contributed by atoms with Gasteiger partial charge in [-0.1, -0.05) is 0 Å². The SMILES string of the molecule is CN(c1nccs1)C1CCCCO1. The maximum absolute atomic E-state index is 5.66. The van der Waals surface area contributed by atoms with Crippen molar-refractivity contribution >= 4 is 16.5 Å². The van der Waals surface area contributed by atoms with E-state index in [0.717, 1.165) is 18.2 Å². The highest BCUT2D eigenvalue weighted by Gasteiger charge is 2.19. The van der Waals surface area contributed by atoms with Crippen LogP contribution in [0.2, 0.25) is 0 Å². The molecule has 2 heterocycles. The third kappa shape index (κ3) is 2.00. The Hall–Kier alpha value is -0.610. The molecule has 1 aliphatic rings. The van der Waals surface area contributed by atoms with Crippen molar-refractivity contribution < 1.29 is 4.74 Å². The quantitative estimate of drug-likeness (QED) is 0.727. The van der Waals surface area contributed by atoms with Gasteiger partial charge in [0.1, 0.15) is 6.23 Å². The second-order valence-electron chi connectivity index (χ2n) is 3.25. The maximum Gasteiger partial charge on any atom is 0.187 e. The van der Waals surface area contributed by atoms with Gasteiger partial charge in [-0.15, -0.1) is 11.3 Å². The summed E-state index contributed by atoms with van der Waals surface area (Å²) >= 11 is 1.66. The van der Waals surface area contributed by atoms with Crippen LogP contribution in [0.3, 0.4) is 0 Å². The van der Waals surface area contributed by atoms with Crippen LogP contribution in [-0.2, 0) is 4.74 Å². The van der Waals surface area contributed by atoms with E-state index in [1.807, 2.05) is 11.6 Å². The molecule has 0 bridgehead atoms. The minimum absolute atomic E-state index is 0.236. The van der Waals surface area contributed by atoms with Gasteiger partial charge < -0.3 is 9.64 Å². The summed E-state index contributed by atoms with van der Waals surface area (Å²) in [6.45, 7) is 0.889. The first-order valence-corrected chi connectivity index (χ1v) is 5.50. The number of hydrogen-bond donors (Lipinski definition) is 0. The fraction of sp³-hybridized carbons (Fsp3) is 0.667. The molecule has 0 spiro atoms. The molecule has 3 nitrogen and oxygen atoms in total. The molecule has 0 aliphatic carbocycles. The lowest BCUT2D eigenvalue weighted by Crippen LogP contribution is -2.36. The van der Waals surface area contributed by atoms with Gasteiger partial charge in [-0.05, 0) is 19.3 Å². The Morgan fingerprint density at radius 1 is 1.62 bits per heavy atom. The zero-order valence-corrected chi connectivity index (χ0v) is 8.59. The zero-order chi connectivity index (χ0) is 9.10. The van der Waals surface area contributed by atoms with E-state index in [2.05, 4.69) is 16.9 Å². The van der Waals surface area contributed by atoms with E-state index >= 15 is 0 Å². The van der Waals surface area contributed by atoms with E-state index in [4.69, 9.17) is 4.74 Å². The van der Waals surface area contributed by atoms with Crippen LogP contribution in [0.15, 0.2) is 11.6 Å². The number of ether oxygens (including phenoxy) is 1. The molecule has 1 atom stereocenters. The highest BCUT2D eigenvalue weighted by Crippen LogP contribution is 2.23. The van der Waals surface area contributed by atoms with Crippen molar-refractivity contribution in [1.82, 2.24) is 4.98 Å². The average Bonchev–Trinajstić information content (AvgIpc) is 2.71. The van der Waals surface area contributed by atoms with Gasteiger partial charge in [0.25, 0.3) is 0 Å². The molecule has 0 saturated carbocycles. The summed E-state index contributed by atoms with van der Waals surface area (Å²) in [5, 5.41) is 3.04. The van der Waals surface area contributed by atoms with Gasteiger partial charge in [0, 0.05) is 25.2 Å². The number of thiazole rings is 1. The molecule has 1 saturated heterocycles. The lowest BCUT2D eigenvalue weighted by Gasteiger charge is -2.30. The molecule has 1 aromatic heterocycles. The molecular weight excluding hydrogens is 184 g/mol. The first kappa shape index (κ1) is 8.97. The van der Waals surface area contributed by atoms with E-state index in [0.29, 0.717) is 0 Å². The standard InChI is InChI=1S/C9H14N2OS/c1-11(9-10-5-7-13-9)8-4-2-3-6-12-8/h5,7-8H,2-4,6H2,1H3. The average molecular weight is 198 g/mol. The molecule has 0 amide bonds. The van der Waals surface area contributed by atoms with Crippen molar-refractivity contribution in [3.05, 3.63) is 11.6 Å². The number of hydrogen-bond acceptors (Lipinski definition) is 4. The molecule has 13 heavy (non-hydrogen) atoms. The van der Waals surface area contributed by atoms with E-state index < -0.39 is 0 Å². The minimum atomic E-state index is 0.236. The first-order chi connectivity index (χ1) is 6.38. The summed E-state index contributed by atoms with van der Waals surface area (Å²) < 4.78 is 5.66. The Kier molecular flexibility index (Phi) is 2.80. The van der Waals surface area contributed by atoms with Gasteiger partial charge >= 0.3 is 0 Å². The summed E-state index contributed by atoms with van der Waals surface area (Å²) in [4.78, 5) is 6.38. The summed E-state index contributed by atoms with van der Waals surface area (Å²) in [6.07, 6.45) is 5.65. The third-order valence-corrected chi connectivity index (χ3v) is 3.17. The highest BCUT2D eigenvalue weighted by molar-refractivity contribution is 7.13. The Labute approximate surface area is 82.3 Å². The molecule has 0 N–H and O–H groups in total. The van der Waals surface area contributed by atoms with E-state index in [-0.39, 0.29) is 6.23 Å². The van der Waals surface area contributed by atoms with Gasteiger partial charge in [0.2, 0.25) is 0 Å². The normalized spacial score (nSPS) is 23.0. The van der Waals surface area contributed by atoms with Gasteiger partial charge in [0.15, 0.2) is 5.13 Å². The summed E-state index contributed by atoms with van der Waals surface area (Å²) in [5.74, 6) is 0. The summed E-state index contributed by atoms with van der Waals surface area (Å²) in [5.41, 5.74) is 0. The number of anilines is 1. The molecule has 0 aromatic carbocycles. The second kappa shape index (κ2) is 4.07. The van der Waals surface area contributed by atoms with Crippen molar-refractivity contribution in [2.24, 2.45) is 0 Å². The van der Waals surface area contributed by atoms with Crippen LogP contribution in [0.1, 0.15) is 19.3 Å². The van der Waals surface area contributed by atoms with Crippen LogP contribution in [0, 0.1) is 0 Å². The Morgan fingerprint density at radius 2 is 2.54 bits per heavy atom. The Morgan fingerprint density at radius 3 is 3.15 bits per heavy atom. The maximum atomic E-state index is 5.66. The summed E-state index contributed by atoms with van der Waals surface area (Å²) in [6, 6.07) is 0. The fourth-order valence-electron chi connectivity index (χ4n) is 1.54.